The lowest BCUT2D eigenvalue weighted by Crippen LogP contribution is -2.20. The van der Waals surface area contributed by atoms with Gasteiger partial charge in [-0.1, -0.05) is 6.07 Å². The first-order valence-electron chi connectivity index (χ1n) is 8.02. The highest BCUT2D eigenvalue weighted by Crippen LogP contribution is 2.28. The van der Waals surface area contributed by atoms with Crippen molar-refractivity contribution < 1.29 is 0 Å². The molecule has 0 fully saturated rings. The van der Waals surface area contributed by atoms with Gasteiger partial charge in [0, 0.05) is 41.8 Å². The monoisotopic (exact) mass is 317 g/mol. The summed E-state index contributed by atoms with van der Waals surface area (Å²) < 4.78 is 0. The molecule has 3 aromatic rings. The fraction of sp³-hybridized carbons (Fsp3) is 0.211. The molecule has 0 aliphatic carbocycles. The molecule has 0 bridgehead atoms. The third-order valence-corrected chi connectivity index (χ3v) is 4.33. The summed E-state index contributed by atoms with van der Waals surface area (Å²) in [5, 5.41) is 1.22. The number of H-pyrrole nitrogens is 1. The fourth-order valence-corrected chi connectivity index (χ4v) is 2.98. The van der Waals surface area contributed by atoms with Crippen LogP contribution in [0.3, 0.4) is 0 Å². The van der Waals surface area contributed by atoms with Gasteiger partial charge in [-0.2, -0.15) is 0 Å². The molecule has 1 aromatic carbocycles. The lowest BCUT2D eigenvalue weighted by atomic mass is 10.1. The average Bonchev–Trinajstić information content (AvgIpc) is 2.94. The van der Waals surface area contributed by atoms with E-state index < -0.39 is 0 Å². The maximum atomic E-state index is 4.46. The SMILES string of the molecule is CC1=NCN(Cc2ccc3[nH]c(-c4ncccn4)c(C)c3c2)C=C1. The van der Waals surface area contributed by atoms with Crippen molar-refractivity contribution in [3.8, 4) is 11.5 Å². The Morgan fingerprint density at radius 3 is 2.75 bits per heavy atom. The van der Waals surface area contributed by atoms with Crippen molar-refractivity contribution in [2.75, 3.05) is 6.67 Å². The van der Waals surface area contributed by atoms with Gasteiger partial charge < -0.3 is 9.88 Å². The number of nitrogens with one attached hydrogen (secondary N) is 1. The van der Waals surface area contributed by atoms with Crippen LogP contribution in [0.15, 0.2) is 53.9 Å². The van der Waals surface area contributed by atoms with Crippen LogP contribution in [0.25, 0.3) is 22.4 Å². The van der Waals surface area contributed by atoms with Gasteiger partial charge in [0.25, 0.3) is 0 Å². The van der Waals surface area contributed by atoms with Crippen LogP contribution in [-0.2, 0) is 6.54 Å². The number of aromatic nitrogens is 3. The number of hydrogen-bond donors (Lipinski definition) is 1. The molecular weight excluding hydrogens is 298 g/mol. The second-order valence-electron chi connectivity index (χ2n) is 6.08. The largest absolute Gasteiger partial charge is 0.354 e. The minimum atomic E-state index is 0.718. The first-order valence-corrected chi connectivity index (χ1v) is 8.02. The van der Waals surface area contributed by atoms with E-state index in [-0.39, 0.29) is 0 Å². The van der Waals surface area contributed by atoms with E-state index in [1.54, 1.807) is 12.4 Å². The molecule has 5 heteroatoms. The lowest BCUT2D eigenvalue weighted by Gasteiger charge is -2.21. The topological polar surface area (TPSA) is 57.2 Å². The zero-order valence-corrected chi connectivity index (χ0v) is 13.8. The van der Waals surface area contributed by atoms with Crippen LogP contribution in [0.2, 0.25) is 0 Å². The highest BCUT2D eigenvalue weighted by molar-refractivity contribution is 5.93. The van der Waals surface area contributed by atoms with Gasteiger partial charge in [0.1, 0.15) is 6.67 Å². The van der Waals surface area contributed by atoms with E-state index in [4.69, 9.17) is 0 Å². The normalized spacial score (nSPS) is 14.2. The quantitative estimate of drug-likeness (QED) is 0.801. The first kappa shape index (κ1) is 14.6. The Labute approximate surface area is 140 Å². The van der Waals surface area contributed by atoms with E-state index in [1.165, 1.54) is 16.5 Å². The summed E-state index contributed by atoms with van der Waals surface area (Å²) >= 11 is 0. The fourth-order valence-electron chi connectivity index (χ4n) is 2.98. The van der Waals surface area contributed by atoms with Crippen LogP contribution < -0.4 is 0 Å². The minimum Gasteiger partial charge on any atom is -0.354 e. The molecule has 1 aliphatic heterocycles. The Hall–Kier alpha value is -2.95. The van der Waals surface area contributed by atoms with Crippen molar-refractivity contribution >= 4 is 16.6 Å². The molecule has 5 nitrogen and oxygen atoms in total. The predicted molar refractivity (Wildman–Crippen MR) is 96.7 cm³/mol. The molecule has 0 spiro atoms. The van der Waals surface area contributed by atoms with Gasteiger partial charge in [-0.15, -0.1) is 0 Å². The van der Waals surface area contributed by atoms with Gasteiger partial charge in [-0.25, -0.2) is 9.97 Å². The second kappa shape index (κ2) is 5.92. The molecule has 120 valence electrons. The van der Waals surface area contributed by atoms with E-state index in [0.717, 1.165) is 36.0 Å². The highest BCUT2D eigenvalue weighted by Gasteiger charge is 2.12. The Morgan fingerprint density at radius 2 is 2.00 bits per heavy atom. The molecule has 0 radical (unpaired) electrons. The molecule has 3 heterocycles. The van der Waals surface area contributed by atoms with E-state index in [1.807, 2.05) is 13.0 Å². The molecule has 1 aliphatic rings. The van der Waals surface area contributed by atoms with E-state index in [0.29, 0.717) is 0 Å². The second-order valence-corrected chi connectivity index (χ2v) is 6.08. The van der Waals surface area contributed by atoms with Crippen LogP contribution in [0.4, 0.5) is 0 Å². The molecule has 24 heavy (non-hydrogen) atoms. The summed E-state index contributed by atoms with van der Waals surface area (Å²) in [5.41, 5.74) is 5.63. The van der Waals surface area contributed by atoms with E-state index >= 15 is 0 Å². The van der Waals surface area contributed by atoms with Crippen molar-refractivity contribution in [2.45, 2.75) is 20.4 Å². The van der Waals surface area contributed by atoms with Crippen molar-refractivity contribution in [3.05, 3.63) is 60.1 Å². The molecule has 4 rings (SSSR count). The smallest absolute Gasteiger partial charge is 0.176 e. The number of aromatic amines is 1. The number of allylic oxidation sites excluding steroid dienone is 1. The highest BCUT2D eigenvalue weighted by atomic mass is 15.2. The standard InChI is InChI=1S/C19H19N5/c1-13-6-9-24(12-22-13)11-15-4-5-17-16(10-15)14(2)18(23-17)19-20-7-3-8-21-19/h3-10,23H,11-12H2,1-2H3. The molecule has 2 aromatic heterocycles. The van der Waals surface area contributed by atoms with Crippen LogP contribution in [0.1, 0.15) is 18.1 Å². The Kier molecular flexibility index (Phi) is 3.61. The van der Waals surface area contributed by atoms with E-state index in [2.05, 4.69) is 62.2 Å². The predicted octanol–water partition coefficient (Wildman–Crippen LogP) is 3.68. The molecule has 0 saturated heterocycles. The summed E-state index contributed by atoms with van der Waals surface area (Å²) in [4.78, 5) is 18.8. The van der Waals surface area contributed by atoms with Crippen molar-refractivity contribution in [1.82, 2.24) is 19.9 Å². The number of fused-ring (bicyclic) bond motifs is 1. The van der Waals surface area contributed by atoms with Gasteiger partial charge in [-0.3, -0.25) is 4.99 Å². The first-order chi connectivity index (χ1) is 11.7. The Balaban J connectivity index is 1.66. The third-order valence-electron chi connectivity index (χ3n) is 4.33. The maximum Gasteiger partial charge on any atom is 0.176 e. The average molecular weight is 317 g/mol. The molecule has 0 amide bonds. The number of benzene rings is 1. The molecule has 0 atom stereocenters. The van der Waals surface area contributed by atoms with Crippen molar-refractivity contribution in [2.24, 2.45) is 4.99 Å². The van der Waals surface area contributed by atoms with Gasteiger partial charge in [0.15, 0.2) is 5.82 Å². The number of aliphatic imine (C=N–C) groups is 1. The molecular formula is C19H19N5. The number of nitrogens with zero attached hydrogens (tertiary/aromatic N) is 4. The van der Waals surface area contributed by atoms with E-state index in [9.17, 15) is 0 Å². The summed E-state index contributed by atoms with van der Waals surface area (Å²) in [6.07, 6.45) is 7.70. The van der Waals surface area contributed by atoms with Gasteiger partial charge in [0.2, 0.25) is 0 Å². The number of rotatable bonds is 3. The lowest BCUT2D eigenvalue weighted by molar-refractivity contribution is 0.378. The van der Waals surface area contributed by atoms with Gasteiger partial charge in [-0.05, 0) is 49.2 Å². The van der Waals surface area contributed by atoms with Gasteiger partial charge >= 0.3 is 0 Å². The van der Waals surface area contributed by atoms with Crippen molar-refractivity contribution in [1.29, 1.82) is 0 Å². The Bertz CT molecular complexity index is 937. The molecule has 0 saturated carbocycles. The summed E-state index contributed by atoms with van der Waals surface area (Å²) in [7, 11) is 0. The Morgan fingerprint density at radius 1 is 1.17 bits per heavy atom. The number of hydrogen-bond acceptors (Lipinski definition) is 4. The van der Waals surface area contributed by atoms with Crippen LogP contribution in [0.5, 0.6) is 0 Å². The number of aryl methyl sites for hydroxylation is 1. The van der Waals surface area contributed by atoms with Crippen LogP contribution >= 0.6 is 0 Å². The maximum absolute atomic E-state index is 4.46. The van der Waals surface area contributed by atoms with Crippen molar-refractivity contribution in [3.63, 3.8) is 0 Å². The molecule has 1 N–H and O–H groups in total. The minimum absolute atomic E-state index is 0.718. The van der Waals surface area contributed by atoms with Gasteiger partial charge in [0.05, 0.1) is 5.69 Å². The summed E-state index contributed by atoms with van der Waals surface area (Å²) in [6, 6.07) is 8.36. The summed E-state index contributed by atoms with van der Waals surface area (Å²) in [5.74, 6) is 0.733. The zero-order valence-electron chi connectivity index (χ0n) is 13.8. The van der Waals surface area contributed by atoms with Crippen LogP contribution in [0, 0.1) is 6.92 Å². The van der Waals surface area contributed by atoms with Crippen LogP contribution in [-0.4, -0.2) is 32.2 Å². The molecule has 0 unspecified atom stereocenters. The zero-order chi connectivity index (χ0) is 16.5. The summed E-state index contributed by atoms with van der Waals surface area (Å²) in [6.45, 7) is 5.71. The third kappa shape index (κ3) is 2.69.